The molecule has 6 aromatic heterocycles. The van der Waals surface area contributed by atoms with E-state index in [1.54, 1.807) is 0 Å². The Hall–Kier alpha value is -5.14. The molecule has 4 aliphatic rings. The number of aromatic amines is 2. The molecule has 6 atom stereocenters. The summed E-state index contributed by atoms with van der Waals surface area (Å²) in [6.45, 7) is 15.7. The zero-order valence-electron chi connectivity index (χ0n) is 31.9. The first-order valence-corrected chi connectivity index (χ1v) is 19.9. The number of fused-ring (bicyclic) bond motifs is 6. The average Bonchev–Trinajstić information content (AvgIpc) is 4.03. The van der Waals surface area contributed by atoms with Gasteiger partial charge in [-0.25, -0.2) is 29.5 Å². The van der Waals surface area contributed by atoms with Crippen molar-refractivity contribution in [3.8, 4) is 0 Å². The molecule has 4 saturated heterocycles. The summed E-state index contributed by atoms with van der Waals surface area (Å²) in [5.41, 5.74) is 5.82. The molecule has 284 valence electrons. The van der Waals surface area contributed by atoms with Crippen LogP contribution in [-0.2, 0) is 0 Å². The van der Waals surface area contributed by atoms with Gasteiger partial charge in [0.15, 0.2) is 11.3 Å². The third-order valence-corrected chi connectivity index (χ3v) is 12.7. The fourth-order valence-electron chi connectivity index (χ4n) is 9.30. The number of hydrogen-bond acceptors (Lipinski definition) is 6. The molecule has 10 rings (SSSR count). The van der Waals surface area contributed by atoms with Crippen LogP contribution in [0.3, 0.4) is 0 Å². The Bertz CT molecular complexity index is 2140. The van der Waals surface area contributed by atoms with Gasteiger partial charge in [0.05, 0.1) is 46.9 Å². The summed E-state index contributed by atoms with van der Waals surface area (Å²) in [5.74, 6) is 4.72. The van der Waals surface area contributed by atoms with Gasteiger partial charge < -0.3 is 29.6 Å². The Morgan fingerprint density at radius 1 is 0.556 bits per heavy atom. The van der Waals surface area contributed by atoms with E-state index in [4.69, 9.17) is 9.97 Å². The van der Waals surface area contributed by atoms with Gasteiger partial charge in [0.2, 0.25) is 0 Å². The van der Waals surface area contributed by atoms with Gasteiger partial charge in [-0.1, -0.05) is 27.7 Å². The Morgan fingerprint density at radius 2 is 0.944 bits per heavy atom. The molecule has 6 aromatic rings. The van der Waals surface area contributed by atoms with E-state index in [2.05, 4.69) is 56.4 Å². The van der Waals surface area contributed by atoms with Gasteiger partial charge in [-0.05, 0) is 61.5 Å². The van der Waals surface area contributed by atoms with Crippen molar-refractivity contribution in [3.63, 3.8) is 0 Å². The largest absolute Gasteiger partial charge is 0.345 e. The number of imidazole rings is 2. The standard InChI is InChI=1S/2C20H26N6O/c2*1-13-4-7-24(11-13)20(27)25-8-5-14(2)16(12-25)19-23-10-15-9-22-18-17(26(15)19)3-6-21-18/h2*3,6,9-10,13-14,16,21H,4-5,7-8,11-12H2,1-2H3/t13-,14+,16-;13-,14-,16+/m01/s1. The summed E-state index contributed by atoms with van der Waals surface area (Å²) < 4.78 is 4.40. The molecule has 0 radical (unpaired) electrons. The van der Waals surface area contributed by atoms with Crippen LogP contribution in [0.5, 0.6) is 0 Å². The van der Waals surface area contributed by atoms with E-state index in [1.807, 2.05) is 68.9 Å². The fraction of sp³-hybridized carbons (Fsp3) is 0.550. The molecule has 54 heavy (non-hydrogen) atoms. The number of amides is 4. The van der Waals surface area contributed by atoms with Gasteiger partial charge >= 0.3 is 12.1 Å². The lowest BCUT2D eigenvalue weighted by molar-refractivity contribution is 0.130. The van der Waals surface area contributed by atoms with E-state index in [0.717, 1.165) is 123 Å². The minimum absolute atomic E-state index is 0.200. The second-order valence-electron chi connectivity index (χ2n) is 16.6. The van der Waals surface area contributed by atoms with E-state index >= 15 is 0 Å². The number of carbonyl (C=O) groups is 2. The molecule has 14 heteroatoms. The highest BCUT2D eigenvalue weighted by Crippen LogP contribution is 2.35. The van der Waals surface area contributed by atoms with Gasteiger partial charge in [-0.15, -0.1) is 0 Å². The first kappa shape index (κ1) is 34.6. The summed E-state index contributed by atoms with van der Waals surface area (Å²) in [7, 11) is 0. The van der Waals surface area contributed by atoms with Crippen LogP contribution in [0.2, 0.25) is 0 Å². The van der Waals surface area contributed by atoms with Gasteiger partial charge in [0.1, 0.15) is 11.6 Å². The number of piperidine rings is 2. The zero-order valence-corrected chi connectivity index (χ0v) is 31.9. The van der Waals surface area contributed by atoms with Crippen LogP contribution < -0.4 is 0 Å². The molecule has 4 fully saturated rings. The quantitative estimate of drug-likeness (QED) is 0.218. The predicted molar refractivity (Wildman–Crippen MR) is 207 cm³/mol. The van der Waals surface area contributed by atoms with Crippen molar-refractivity contribution in [2.75, 3.05) is 52.4 Å². The lowest BCUT2D eigenvalue weighted by atomic mass is 9.86. The average molecular weight is 733 g/mol. The molecule has 4 aliphatic heterocycles. The number of H-pyrrole nitrogens is 2. The Labute approximate surface area is 314 Å². The highest BCUT2D eigenvalue weighted by atomic mass is 16.2. The third kappa shape index (κ3) is 6.12. The summed E-state index contributed by atoms with van der Waals surface area (Å²) in [6.07, 6.45) is 15.6. The third-order valence-electron chi connectivity index (χ3n) is 12.7. The van der Waals surface area contributed by atoms with Crippen LogP contribution in [0.15, 0.2) is 49.3 Å². The van der Waals surface area contributed by atoms with Gasteiger partial charge in [-0.2, -0.15) is 0 Å². The maximum atomic E-state index is 13.0. The maximum absolute atomic E-state index is 13.0. The second-order valence-corrected chi connectivity index (χ2v) is 16.6. The number of rotatable bonds is 2. The lowest BCUT2D eigenvalue weighted by Gasteiger charge is -2.38. The van der Waals surface area contributed by atoms with Gasteiger partial charge in [-0.3, -0.25) is 8.80 Å². The van der Waals surface area contributed by atoms with Crippen LogP contribution in [0, 0.1) is 23.7 Å². The van der Waals surface area contributed by atoms with Gasteiger partial charge in [0, 0.05) is 76.6 Å². The molecular formula is C40H52N12O2. The molecule has 0 saturated carbocycles. The molecule has 4 amide bonds. The van der Waals surface area contributed by atoms with Crippen molar-refractivity contribution < 1.29 is 9.59 Å². The number of nitrogens with zero attached hydrogens (tertiary/aromatic N) is 10. The van der Waals surface area contributed by atoms with E-state index in [0.29, 0.717) is 23.7 Å². The summed E-state index contributed by atoms with van der Waals surface area (Å²) in [5, 5.41) is 0. The lowest BCUT2D eigenvalue weighted by Crippen LogP contribution is -2.48. The predicted octanol–water partition coefficient (Wildman–Crippen LogP) is 6.20. The second kappa shape index (κ2) is 13.9. The number of likely N-dealkylation sites (tertiary alicyclic amines) is 4. The van der Waals surface area contributed by atoms with E-state index in [-0.39, 0.29) is 23.9 Å². The van der Waals surface area contributed by atoms with Crippen molar-refractivity contribution in [2.45, 2.75) is 65.2 Å². The fourth-order valence-corrected chi connectivity index (χ4v) is 9.30. The van der Waals surface area contributed by atoms with Crippen LogP contribution in [0.25, 0.3) is 33.4 Å². The highest BCUT2D eigenvalue weighted by molar-refractivity contribution is 5.77. The molecule has 0 aromatic carbocycles. The maximum Gasteiger partial charge on any atom is 0.320 e. The number of urea groups is 2. The molecule has 14 nitrogen and oxygen atoms in total. The minimum atomic E-state index is 0.200. The topological polar surface area (TPSA) is 139 Å². The molecule has 10 heterocycles. The Kier molecular flexibility index (Phi) is 8.93. The van der Waals surface area contributed by atoms with Crippen molar-refractivity contribution in [2.24, 2.45) is 23.7 Å². The Morgan fingerprint density at radius 3 is 1.35 bits per heavy atom. The highest BCUT2D eigenvalue weighted by Gasteiger charge is 2.37. The monoisotopic (exact) mass is 732 g/mol. The molecule has 0 unspecified atom stereocenters. The number of hydrogen-bond donors (Lipinski definition) is 2. The normalized spacial score (nSPS) is 26.4. The van der Waals surface area contributed by atoms with Crippen LogP contribution in [-0.4, -0.2) is 123 Å². The summed E-state index contributed by atoms with van der Waals surface area (Å²) >= 11 is 0. The van der Waals surface area contributed by atoms with E-state index in [9.17, 15) is 9.59 Å². The van der Waals surface area contributed by atoms with Crippen molar-refractivity contribution >= 4 is 45.4 Å². The van der Waals surface area contributed by atoms with Crippen LogP contribution >= 0.6 is 0 Å². The van der Waals surface area contributed by atoms with Crippen molar-refractivity contribution in [1.82, 2.24) is 58.3 Å². The molecule has 2 N–H and O–H groups in total. The van der Waals surface area contributed by atoms with Crippen molar-refractivity contribution in [1.29, 1.82) is 0 Å². The molecular weight excluding hydrogens is 681 g/mol. The Balaban J connectivity index is 0.000000142. The van der Waals surface area contributed by atoms with E-state index in [1.165, 1.54) is 0 Å². The first-order valence-electron chi connectivity index (χ1n) is 19.9. The molecule has 0 spiro atoms. The number of carbonyl (C=O) groups excluding carboxylic acids is 2. The smallest absolute Gasteiger partial charge is 0.320 e. The molecule has 0 aliphatic carbocycles. The number of nitrogens with one attached hydrogen (secondary N) is 2. The summed E-state index contributed by atoms with van der Waals surface area (Å²) in [4.78, 5) is 59.0. The van der Waals surface area contributed by atoms with Gasteiger partial charge in [0.25, 0.3) is 0 Å². The zero-order chi connectivity index (χ0) is 37.1. The first-order chi connectivity index (χ1) is 26.2. The number of aromatic nitrogens is 8. The van der Waals surface area contributed by atoms with Crippen molar-refractivity contribution in [3.05, 3.63) is 61.0 Å². The van der Waals surface area contributed by atoms with Crippen LogP contribution in [0.4, 0.5) is 9.59 Å². The van der Waals surface area contributed by atoms with Crippen LogP contribution in [0.1, 0.15) is 76.9 Å². The van der Waals surface area contributed by atoms with E-state index < -0.39 is 0 Å². The minimum Gasteiger partial charge on any atom is -0.345 e. The molecule has 0 bridgehead atoms. The summed E-state index contributed by atoms with van der Waals surface area (Å²) in [6, 6.07) is 4.49. The SMILES string of the molecule is C[C@@H]1CCN(C(=O)N2CC[C@@H](C)[C@@H](c3ncc4cnc5[nH]ccc5n34)C2)C1.C[C@H]1CCN(C(=O)N2CC[C@@H](C)[C@@H](c3ncc4cnc5[nH]ccc5n34)C2)C1.